The van der Waals surface area contributed by atoms with Gasteiger partial charge < -0.3 is 24.2 Å². The number of carbonyl (C=O) groups is 3. The van der Waals surface area contributed by atoms with E-state index < -0.39 is 57.8 Å². The fraction of sp³-hybridized carbons (Fsp3) is 0.907. The summed E-state index contributed by atoms with van der Waals surface area (Å²) in [6.45, 7) is 4.64. The third kappa shape index (κ3) is 47.3. The van der Waals surface area contributed by atoms with Gasteiger partial charge in [-0.1, -0.05) is 226 Å². The Morgan fingerprint density at radius 3 is 1.05 bits per heavy atom. The van der Waals surface area contributed by atoms with Crippen molar-refractivity contribution < 1.29 is 52.2 Å². The first-order valence-electron chi connectivity index (χ1n) is 27.6. The molecule has 3 atom stereocenters. The minimum atomic E-state index is -4.73. The fourth-order valence-electron chi connectivity index (χ4n) is 7.94. The predicted molar refractivity (Wildman–Crippen MR) is 270 cm³/mol. The molecule has 0 saturated carbocycles. The number of esters is 3. The molecule has 2 N–H and O–H groups in total. The first-order valence-corrected chi connectivity index (χ1v) is 29.1. The van der Waals surface area contributed by atoms with Crippen LogP contribution in [0.15, 0.2) is 12.2 Å². The standard InChI is InChI=1S/C54H103O11P/c1-4-7-10-13-16-19-21-22-23-24-25-26-27-28-30-33-36-39-42-45-54(58)65-51(47-61-52(56)43-40-37-34-31-18-15-12-9-6-3)49-63-66(59,60)62-48-50(46-55)64-53(57)44-41-38-35-32-29-20-17-14-11-8-5-2/h22-23,50-51,55H,4-21,24-49H2,1-3H3,(H,59,60)/b23-22-. The average molecular weight is 959 g/mol. The molecule has 0 bridgehead atoms. The van der Waals surface area contributed by atoms with Gasteiger partial charge in [0.2, 0.25) is 0 Å². The second-order valence-corrected chi connectivity index (χ2v) is 20.2. The molecule has 0 rings (SSSR count). The summed E-state index contributed by atoms with van der Waals surface area (Å²) in [7, 11) is -4.73. The van der Waals surface area contributed by atoms with Crippen molar-refractivity contribution in [2.75, 3.05) is 26.4 Å². The summed E-state index contributed by atoms with van der Waals surface area (Å²) in [5, 5.41) is 9.76. The lowest BCUT2D eigenvalue weighted by atomic mass is 10.1. The van der Waals surface area contributed by atoms with Crippen molar-refractivity contribution in [2.45, 2.75) is 290 Å². The highest BCUT2D eigenvalue weighted by Gasteiger charge is 2.28. The minimum absolute atomic E-state index is 0.172. The van der Waals surface area contributed by atoms with Gasteiger partial charge in [-0.05, 0) is 44.9 Å². The van der Waals surface area contributed by atoms with Gasteiger partial charge in [-0.25, -0.2) is 4.57 Å². The Morgan fingerprint density at radius 1 is 0.409 bits per heavy atom. The lowest BCUT2D eigenvalue weighted by Gasteiger charge is -2.21. The Kier molecular flexibility index (Phi) is 48.3. The summed E-state index contributed by atoms with van der Waals surface area (Å²) in [6, 6.07) is 0. The van der Waals surface area contributed by atoms with Gasteiger partial charge in [-0.2, -0.15) is 0 Å². The van der Waals surface area contributed by atoms with Crippen molar-refractivity contribution in [1.29, 1.82) is 0 Å². The van der Waals surface area contributed by atoms with Crippen LogP contribution in [0.3, 0.4) is 0 Å². The summed E-state index contributed by atoms with van der Waals surface area (Å²) in [6.07, 6.45) is 46.1. The highest BCUT2D eigenvalue weighted by Crippen LogP contribution is 2.43. The van der Waals surface area contributed by atoms with Crippen molar-refractivity contribution in [2.24, 2.45) is 0 Å². The van der Waals surface area contributed by atoms with Crippen molar-refractivity contribution in [1.82, 2.24) is 0 Å². The molecule has 0 aromatic heterocycles. The predicted octanol–water partition coefficient (Wildman–Crippen LogP) is 15.7. The molecule has 0 aromatic rings. The number of rotatable bonds is 52. The van der Waals surface area contributed by atoms with Crippen LogP contribution in [0.4, 0.5) is 0 Å². The van der Waals surface area contributed by atoms with Gasteiger partial charge in [-0.3, -0.25) is 23.4 Å². The Hall–Kier alpha value is -1.78. The molecule has 11 nitrogen and oxygen atoms in total. The number of aliphatic hydroxyl groups is 1. The topological polar surface area (TPSA) is 155 Å². The summed E-state index contributed by atoms with van der Waals surface area (Å²) in [5.74, 6) is -1.45. The summed E-state index contributed by atoms with van der Waals surface area (Å²) in [4.78, 5) is 48.3. The first-order chi connectivity index (χ1) is 32.2. The number of carbonyl (C=O) groups excluding carboxylic acids is 3. The van der Waals surface area contributed by atoms with E-state index in [4.69, 9.17) is 23.3 Å². The quantitative estimate of drug-likeness (QED) is 0.0197. The average Bonchev–Trinajstić information content (AvgIpc) is 3.30. The molecule has 66 heavy (non-hydrogen) atoms. The maximum Gasteiger partial charge on any atom is 0.472 e. The number of aliphatic hydroxyl groups excluding tert-OH is 1. The SMILES string of the molecule is CCCCCCCC/C=C\CCCCCCCCCCCC(=O)OC(COC(=O)CCCCCCCCCCC)COP(=O)(O)OCC(CO)OC(=O)CCCCCCCCCCCCC. The number of phosphoric acid groups is 1. The minimum Gasteiger partial charge on any atom is -0.462 e. The van der Waals surface area contributed by atoms with Gasteiger partial charge in [-0.15, -0.1) is 0 Å². The first kappa shape index (κ1) is 64.2. The highest BCUT2D eigenvalue weighted by molar-refractivity contribution is 7.47. The van der Waals surface area contributed by atoms with E-state index in [1.165, 1.54) is 161 Å². The van der Waals surface area contributed by atoms with Gasteiger partial charge in [0.1, 0.15) is 12.7 Å². The number of hydrogen-bond acceptors (Lipinski definition) is 10. The van der Waals surface area contributed by atoms with Crippen LogP contribution in [-0.2, 0) is 42.2 Å². The largest absolute Gasteiger partial charge is 0.472 e. The van der Waals surface area contributed by atoms with E-state index in [0.717, 1.165) is 57.8 Å². The van der Waals surface area contributed by atoms with Crippen molar-refractivity contribution in [3.05, 3.63) is 12.2 Å². The van der Waals surface area contributed by atoms with E-state index >= 15 is 0 Å². The van der Waals surface area contributed by atoms with E-state index in [2.05, 4.69) is 32.9 Å². The van der Waals surface area contributed by atoms with Crippen LogP contribution in [0.25, 0.3) is 0 Å². The van der Waals surface area contributed by atoms with Gasteiger partial charge >= 0.3 is 25.7 Å². The smallest absolute Gasteiger partial charge is 0.462 e. The monoisotopic (exact) mass is 959 g/mol. The number of phosphoric ester groups is 1. The summed E-state index contributed by atoms with van der Waals surface area (Å²) < 4.78 is 39.4. The Bertz CT molecular complexity index is 1160. The number of hydrogen-bond donors (Lipinski definition) is 2. The Morgan fingerprint density at radius 2 is 0.697 bits per heavy atom. The molecule has 12 heteroatoms. The molecule has 390 valence electrons. The number of allylic oxidation sites excluding steroid dienone is 2. The maximum atomic E-state index is 12.8. The van der Waals surface area contributed by atoms with Crippen LogP contribution < -0.4 is 0 Å². The zero-order chi connectivity index (χ0) is 48.4. The highest BCUT2D eigenvalue weighted by atomic mass is 31.2. The van der Waals surface area contributed by atoms with E-state index in [9.17, 15) is 28.9 Å². The van der Waals surface area contributed by atoms with Crippen LogP contribution in [0.5, 0.6) is 0 Å². The normalized spacial score (nSPS) is 13.5. The molecular weight excluding hydrogens is 856 g/mol. The molecule has 0 spiro atoms. The van der Waals surface area contributed by atoms with Crippen LogP contribution >= 0.6 is 7.82 Å². The molecule has 0 heterocycles. The maximum absolute atomic E-state index is 12.8. The molecule has 0 aromatic carbocycles. The van der Waals surface area contributed by atoms with Gasteiger partial charge in [0, 0.05) is 19.3 Å². The zero-order valence-electron chi connectivity index (χ0n) is 42.9. The zero-order valence-corrected chi connectivity index (χ0v) is 43.8. The van der Waals surface area contributed by atoms with Crippen molar-refractivity contribution in [3.63, 3.8) is 0 Å². The second kappa shape index (κ2) is 49.6. The molecule has 0 aliphatic heterocycles. The van der Waals surface area contributed by atoms with Crippen molar-refractivity contribution >= 4 is 25.7 Å². The van der Waals surface area contributed by atoms with E-state index in [1.807, 2.05) is 0 Å². The van der Waals surface area contributed by atoms with Gasteiger partial charge in [0.25, 0.3) is 0 Å². The van der Waals surface area contributed by atoms with Crippen LogP contribution in [-0.4, -0.2) is 66.5 Å². The van der Waals surface area contributed by atoms with E-state index in [0.29, 0.717) is 19.3 Å². The fourth-order valence-corrected chi connectivity index (χ4v) is 8.72. The lowest BCUT2D eigenvalue weighted by molar-refractivity contribution is -0.161. The van der Waals surface area contributed by atoms with E-state index in [-0.39, 0.29) is 25.9 Å². The molecule has 0 saturated heterocycles. The number of ether oxygens (including phenoxy) is 3. The summed E-state index contributed by atoms with van der Waals surface area (Å²) in [5.41, 5.74) is 0. The van der Waals surface area contributed by atoms with Crippen molar-refractivity contribution in [3.8, 4) is 0 Å². The molecule has 0 radical (unpaired) electrons. The lowest BCUT2D eigenvalue weighted by Crippen LogP contribution is -2.30. The molecule has 0 fully saturated rings. The second-order valence-electron chi connectivity index (χ2n) is 18.8. The van der Waals surface area contributed by atoms with Gasteiger partial charge in [0.05, 0.1) is 19.8 Å². The van der Waals surface area contributed by atoms with Crippen LogP contribution in [0.2, 0.25) is 0 Å². The third-order valence-corrected chi connectivity index (χ3v) is 13.1. The molecule has 3 unspecified atom stereocenters. The molecule has 0 aliphatic rings. The Balaban J connectivity index is 4.62. The number of unbranched alkanes of at least 4 members (excludes halogenated alkanes) is 33. The van der Waals surface area contributed by atoms with Gasteiger partial charge in [0.15, 0.2) is 6.10 Å². The molecule has 0 amide bonds. The molecule has 0 aliphatic carbocycles. The van der Waals surface area contributed by atoms with E-state index in [1.54, 1.807) is 0 Å². The van der Waals surface area contributed by atoms with Crippen LogP contribution in [0.1, 0.15) is 278 Å². The van der Waals surface area contributed by atoms with Crippen LogP contribution in [0, 0.1) is 0 Å². The third-order valence-electron chi connectivity index (χ3n) is 12.2. The Labute approximate surface area is 405 Å². The summed E-state index contributed by atoms with van der Waals surface area (Å²) >= 11 is 0. The molecular formula is C54H103O11P.